The van der Waals surface area contributed by atoms with Crippen molar-refractivity contribution in [2.24, 2.45) is 10.4 Å². The van der Waals surface area contributed by atoms with Gasteiger partial charge in [-0.15, -0.1) is 0 Å². The van der Waals surface area contributed by atoms with Gasteiger partial charge in [0.25, 0.3) is 0 Å². The lowest BCUT2D eigenvalue weighted by Crippen LogP contribution is -2.37. The summed E-state index contributed by atoms with van der Waals surface area (Å²) in [6.45, 7) is 19.3. The minimum absolute atomic E-state index is 0.131. The summed E-state index contributed by atoms with van der Waals surface area (Å²) in [6.07, 6.45) is 0.552. The highest BCUT2D eigenvalue weighted by Crippen LogP contribution is 2.41. The largest absolute Gasteiger partial charge is 0.507 e. The number of phenols is 1. The van der Waals surface area contributed by atoms with Crippen molar-refractivity contribution >= 4 is 11.9 Å². The number of benzene rings is 2. The normalized spacial score (nSPS) is 17.3. The van der Waals surface area contributed by atoms with Crippen LogP contribution in [0.2, 0.25) is 0 Å². The van der Waals surface area contributed by atoms with Crippen molar-refractivity contribution in [2.45, 2.75) is 85.1 Å². The van der Waals surface area contributed by atoms with Crippen molar-refractivity contribution < 1.29 is 19.4 Å². The minimum atomic E-state index is -0.667. The molecule has 190 valence electrons. The fraction of sp³-hybridized carbons (Fsp3) is 0.533. The van der Waals surface area contributed by atoms with Crippen molar-refractivity contribution in [3.05, 3.63) is 64.7 Å². The summed E-state index contributed by atoms with van der Waals surface area (Å²) < 4.78 is 11.9. The van der Waals surface area contributed by atoms with Crippen molar-refractivity contribution in [2.75, 3.05) is 13.2 Å². The number of carbonyl (C=O) groups is 1. The molecule has 3 rings (SSSR count). The Labute approximate surface area is 210 Å². The molecule has 5 heteroatoms. The summed E-state index contributed by atoms with van der Waals surface area (Å²) in [4.78, 5) is 17.6. The van der Waals surface area contributed by atoms with Gasteiger partial charge in [-0.25, -0.2) is 9.79 Å². The van der Waals surface area contributed by atoms with Gasteiger partial charge in [-0.2, -0.15) is 0 Å². The average Bonchev–Trinajstić information content (AvgIpc) is 3.12. The van der Waals surface area contributed by atoms with Crippen LogP contribution in [0.3, 0.4) is 0 Å². The zero-order valence-electron chi connectivity index (χ0n) is 22.8. The molecular formula is C30H41NO4. The molecule has 35 heavy (non-hydrogen) atoms. The third-order valence-corrected chi connectivity index (χ3v) is 6.39. The molecule has 0 saturated carbocycles. The minimum Gasteiger partial charge on any atom is -0.507 e. The van der Waals surface area contributed by atoms with E-state index in [0.29, 0.717) is 30.2 Å². The quantitative estimate of drug-likeness (QED) is 0.474. The van der Waals surface area contributed by atoms with Gasteiger partial charge in [-0.3, -0.25) is 0 Å². The Balaban J connectivity index is 2.03. The SMILES string of the molecule is CC1(C)COC(C(C)(COC(=O)c2ccccc2)Cc2cc(C(C)(C)C)c(O)c(C(C)(C)C)c2)=N1. The maximum atomic E-state index is 12.8. The highest BCUT2D eigenvalue weighted by molar-refractivity contribution is 5.90. The van der Waals surface area contributed by atoms with Crippen molar-refractivity contribution in [1.29, 1.82) is 0 Å². The molecule has 0 radical (unpaired) electrons. The smallest absolute Gasteiger partial charge is 0.338 e. The van der Waals surface area contributed by atoms with Gasteiger partial charge in [0, 0.05) is 0 Å². The van der Waals surface area contributed by atoms with Gasteiger partial charge in [-0.1, -0.05) is 71.9 Å². The van der Waals surface area contributed by atoms with Crippen molar-refractivity contribution in [1.82, 2.24) is 0 Å². The Bertz CT molecular complexity index is 1070. The van der Waals surface area contributed by atoms with Crippen LogP contribution in [0.5, 0.6) is 5.75 Å². The van der Waals surface area contributed by atoms with E-state index in [9.17, 15) is 9.90 Å². The Kier molecular flexibility index (Phi) is 7.14. The third-order valence-electron chi connectivity index (χ3n) is 6.39. The monoisotopic (exact) mass is 479 g/mol. The molecule has 1 N–H and O–H groups in total. The first kappa shape index (κ1) is 26.8. The molecule has 0 saturated heterocycles. The van der Waals surface area contributed by atoms with Gasteiger partial charge in [0.1, 0.15) is 19.0 Å². The molecule has 2 aromatic rings. The summed E-state index contributed by atoms with van der Waals surface area (Å²) in [6, 6.07) is 13.1. The van der Waals surface area contributed by atoms with E-state index in [4.69, 9.17) is 14.5 Å². The number of aliphatic imine (C=N–C) groups is 1. The Hall–Kier alpha value is -2.82. The maximum Gasteiger partial charge on any atom is 0.338 e. The zero-order chi connectivity index (χ0) is 26.2. The van der Waals surface area contributed by atoms with Crippen LogP contribution in [0.25, 0.3) is 0 Å². The van der Waals surface area contributed by atoms with Gasteiger partial charge >= 0.3 is 5.97 Å². The molecule has 0 fully saturated rings. The molecule has 0 spiro atoms. The molecule has 0 amide bonds. The summed E-state index contributed by atoms with van der Waals surface area (Å²) in [7, 11) is 0. The highest BCUT2D eigenvalue weighted by Gasteiger charge is 2.41. The van der Waals surface area contributed by atoms with E-state index in [-0.39, 0.29) is 28.9 Å². The maximum absolute atomic E-state index is 12.8. The molecule has 2 aromatic carbocycles. The van der Waals surface area contributed by atoms with Crippen LogP contribution >= 0.6 is 0 Å². The Morgan fingerprint density at radius 3 is 2.00 bits per heavy atom. The van der Waals surface area contributed by atoms with E-state index in [2.05, 4.69) is 53.7 Å². The topological polar surface area (TPSA) is 68.1 Å². The van der Waals surface area contributed by atoms with Crippen molar-refractivity contribution in [3.8, 4) is 5.75 Å². The molecule has 1 heterocycles. The van der Waals surface area contributed by atoms with E-state index >= 15 is 0 Å². The number of hydrogen-bond donors (Lipinski definition) is 1. The first-order valence-corrected chi connectivity index (χ1v) is 12.3. The molecule has 0 aliphatic carbocycles. The molecular weight excluding hydrogens is 438 g/mol. The predicted octanol–water partition coefficient (Wildman–Crippen LogP) is 6.60. The summed E-state index contributed by atoms with van der Waals surface area (Å²) in [5, 5.41) is 11.1. The predicted molar refractivity (Wildman–Crippen MR) is 142 cm³/mol. The van der Waals surface area contributed by atoms with E-state index in [0.717, 1.165) is 16.7 Å². The van der Waals surface area contributed by atoms with E-state index < -0.39 is 5.41 Å². The van der Waals surface area contributed by atoms with E-state index in [1.165, 1.54) is 0 Å². The second-order valence-corrected chi connectivity index (χ2v) is 12.7. The number of rotatable bonds is 6. The molecule has 1 aliphatic heterocycles. The summed E-state index contributed by atoms with van der Waals surface area (Å²) in [5.41, 5.74) is 1.89. The van der Waals surface area contributed by atoms with E-state index in [1.54, 1.807) is 12.1 Å². The molecule has 0 bridgehead atoms. The van der Waals surface area contributed by atoms with E-state index in [1.807, 2.05) is 39.0 Å². The lowest BCUT2D eigenvalue weighted by molar-refractivity contribution is 0.0378. The summed E-state index contributed by atoms with van der Waals surface area (Å²) >= 11 is 0. The van der Waals surface area contributed by atoms with Gasteiger partial charge in [0.05, 0.1) is 16.5 Å². The highest BCUT2D eigenvalue weighted by atomic mass is 16.5. The van der Waals surface area contributed by atoms with Gasteiger partial charge < -0.3 is 14.6 Å². The zero-order valence-corrected chi connectivity index (χ0v) is 22.8. The third kappa shape index (κ3) is 6.25. The van der Waals surface area contributed by atoms with Gasteiger partial charge in [0.2, 0.25) is 0 Å². The number of carbonyl (C=O) groups excluding carboxylic acids is 1. The Morgan fingerprint density at radius 1 is 1.00 bits per heavy atom. The first-order chi connectivity index (χ1) is 16.0. The van der Waals surface area contributed by atoms with Crippen LogP contribution in [0.1, 0.15) is 89.4 Å². The molecule has 5 nitrogen and oxygen atoms in total. The molecule has 1 atom stereocenters. The van der Waals surface area contributed by atoms with Crippen LogP contribution in [-0.2, 0) is 26.7 Å². The van der Waals surface area contributed by atoms with Crippen LogP contribution in [0.15, 0.2) is 47.5 Å². The second kappa shape index (κ2) is 9.33. The number of phenolic OH excluding ortho intramolecular Hbond substituents is 1. The van der Waals surface area contributed by atoms with Gasteiger partial charge in [0.15, 0.2) is 5.90 Å². The van der Waals surface area contributed by atoms with Crippen LogP contribution in [0, 0.1) is 5.41 Å². The molecule has 0 aromatic heterocycles. The lowest BCUT2D eigenvalue weighted by Gasteiger charge is -2.32. The fourth-order valence-electron chi connectivity index (χ4n) is 4.35. The second-order valence-electron chi connectivity index (χ2n) is 12.7. The first-order valence-electron chi connectivity index (χ1n) is 12.3. The number of nitrogens with zero attached hydrogens (tertiary/aromatic N) is 1. The van der Waals surface area contributed by atoms with Crippen molar-refractivity contribution in [3.63, 3.8) is 0 Å². The van der Waals surface area contributed by atoms with Crippen LogP contribution < -0.4 is 0 Å². The van der Waals surface area contributed by atoms with Gasteiger partial charge in [-0.05, 0) is 66.8 Å². The fourth-order valence-corrected chi connectivity index (χ4v) is 4.35. The molecule has 1 aliphatic rings. The standard InChI is InChI=1S/C30H41NO4/c1-27(2,3)22-15-20(16-23(24(22)32)28(4,5)6)17-30(9,26-31-29(7,8)18-35-26)19-34-25(33)21-13-11-10-12-14-21/h10-16,32H,17-19H2,1-9H3. The average molecular weight is 480 g/mol. The van der Waals surface area contributed by atoms with Crippen LogP contribution in [0.4, 0.5) is 0 Å². The lowest BCUT2D eigenvalue weighted by atomic mass is 9.76. The molecule has 1 unspecified atom stereocenters. The number of esters is 1. The Morgan fingerprint density at radius 2 is 1.54 bits per heavy atom. The summed E-state index contributed by atoms with van der Waals surface area (Å²) in [5.74, 6) is 0.582. The number of ether oxygens (including phenoxy) is 2. The number of hydrogen-bond acceptors (Lipinski definition) is 5. The number of aromatic hydroxyl groups is 1. The van der Waals surface area contributed by atoms with Crippen LogP contribution in [-0.4, -0.2) is 35.7 Å².